The highest BCUT2D eigenvalue weighted by Crippen LogP contribution is 2.47. The molecule has 0 spiro atoms. The van der Waals surface area contributed by atoms with Crippen molar-refractivity contribution in [2.24, 2.45) is 0 Å². The monoisotopic (exact) mass is 303 g/mol. The van der Waals surface area contributed by atoms with E-state index in [9.17, 15) is 9.18 Å². The summed E-state index contributed by atoms with van der Waals surface area (Å²) in [6.07, 6.45) is 4.00. The van der Waals surface area contributed by atoms with Crippen LogP contribution in [0.2, 0.25) is 0 Å². The molecule has 0 aromatic heterocycles. The second kappa shape index (κ2) is 5.90. The van der Waals surface area contributed by atoms with Gasteiger partial charge in [-0.1, -0.05) is 30.3 Å². The highest BCUT2D eigenvalue weighted by Gasteiger charge is 2.44. The molecule has 1 aliphatic heterocycles. The van der Waals surface area contributed by atoms with Crippen LogP contribution in [-0.2, 0) is 10.2 Å². The van der Waals surface area contributed by atoms with E-state index in [2.05, 4.69) is 22.8 Å². The highest BCUT2D eigenvalue weighted by molar-refractivity contribution is 5.95. The normalized spacial score (nSPS) is 22.2. The molecule has 0 bridgehead atoms. The van der Waals surface area contributed by atoms with Gasteiger partial charge in [0.2, 0.25) is 0 Å². The third-order valence-electron chi connectivity index (χ3n) is 4.22. The maximum atomic E-state index is 14.0. The van der Waals surface area contributed by atoms with Gasteiger partial charge in [0.05, 0.1) is 5.57 Å². The van der Waals surface area contributed by atoms with Crippen LogP contribution < -0.4 is 16.1 Å². The van der Waals surface area contributed by atoms with Crippen LogP contribution >= 0.6 is 0 Å². The third kappa shape index (κ3) is 2.88. The van der Waals surface area contributed by atoms with Crippen LogP contribution in [0.5, 0.6) is 0 Å². The van der Waals surface area contributed by atoms with E-state index in [0.717, 1.165) is 18.9 Å². The summed E-state index contributed by atoms with van der Waals surface area (Å²) in [4.78, 5) is 11.2. The first kappa shape index (κ1) is 14.7. The minimum atomic E-state index is -0.746. The van der Waals surface area contributed by atoms with Gasteiger partial charge in [0.1, 0.15) is 12.0 Å². The first-order valence-corrected chi connectivity index (χ1v) is 7.21. The SMILES string of the molecule is O=C(NO)C1=CNC(NCC2(c3ccccc3)CC2)C(F)=C1. The number of rotatable bonds is 5. The first-order chi connectivity index (χ1) is 10.6. The van der Waals surface area contributed by atoms with E-state index < -0.39 is 17.9 Å². The van der Waals surface area contributed by atoms with Crippen LogP contribution in [0, 0.1) is 0 Å². The van der Waals surface area contributed by atoms with Gasteiger partial charge in [0.15, 0.2) is 0 Å². The van der Waals surface area contributed by atoms with Crippen molar-refractivity contribution in [2.45, 2.75) is 24.4 Å². The summed E-state index contributed by atoms with van der Waals surface area (Å²) in [6.45, 7) is 0.658. The molecule has 1 atom stereocenters. The van der Waals surface area contributed by atoms with Gasteiger partial charge in [0, 0.05) is 18.2 Å². The predicted octanol–water partition coefficient (Wildman–Crippen LogP) is 1.48. The standard InChI is InChI=1S/C16H18FN3O2/c17-13-8-11(15(21)20-22)9-18-14(13)19-10-16(6-7-16)12-4-2-1-3-5-12/h1-5,8-9,14,18-19,22H,6-7,10H2,(H,20,21). The molecule has 5 nitrogen and oxygen atoms in total. The summed E-state index contributed by atoms with van der Waals surface area (Å²) in [5.41, 5.74) is 2.86. The summed E-state index contributed by atoms with van der Waals surface area (Å²) in [7, 11) is 0. The molecule has 1 unspecified atom stereocenters. The molecule has 0 saturated heterocycles. The fourth-order valence-electron chi connectivity index (χ4n) is 2.69. The average Bonchev–Trinajstić information content (AvgIpc) is 3.35. The van der Waals surface area contributed by atoms with Gasteiger partial charge in [-0.15, -0.1) is 0 Å². The van der Waals surface area contributed by atoms with Crippen molar-refractivity contribution in [3.63, 3.8) is 0 Å². The van der Waals surface area contributed by atoms with Crippen molar-refractivity contribution in [3.05, 3.63) is 59.6 Å². The van der Waals surface area contributed by atoms with Gasteiger partial charge in [-0.2, -0.15) is 0 Å². The van der Waals surface area contributed by atoms with Gasteiger partial charge < -0.3 is 5.32 Å². The Labute approximate surface area is 127 Å². The Kier molecular flexibility index (Phi) is 3.96. The Morgan fingerprint density at radius 1 is 1.36 bits per heavy atom. The molecule has 2 aliphatic rings. The van der Waals surface area contributed by atoms with Crippen molar-refractivity contribution in [1.29, 1.82) is 0 Å². The number of hydrogen-bond donors (Lipinski definition) is 4. The van der Waals surface area contributed by atoms with Gasteiger partial charge in [0.25, 0.3) is 5.91 Å². The second-order valence-corrected chi connectivity index (χ2v) is 5.70. The lowest BCUT2D eigenvalue weighted by molar-refractivity contribution is -0.125. The molecule has 1 saturated carbocycles. The molecule has 116 valence electrons. The molecular weight excluding hydrogens is 285 g/mol. The number of nitrogens with one attached hydrogen (secondary N) is 3. The second-order valence-electron chi connectivity index (χ2n) is 5.70. The molecule has 4 N–H and O–H groups in total. The number of hydrogen-bond acceptors (Lipinski definition) is 4. The molecule has 6 heteroatoms. The highest BCUT2D eigenvalue weighted by atomic mass is 19.1. The minimum absolute atomic E-state index is 0.0437. The summed E-state index contributed by atoms with van der Waals surface area (Å²) >= 11 is 0. The lowest BCUT2D eigenvalue weighted by atomic mass is 9.96. The number of carbonyl (C=O) groups excluding carboxylic acids is 1. The van der Waals surface area contributed by atoms with Gasteiger partial charge in [-0.25, -0.2) is 9.87 Å². The van der Waals surface area contributed by atoms with Crippen molar-refractivity contribution in [2.75, 3.05) is 6.54 Å². The van der Waals surface area contributed by atoms with Crippen molar-refractivity contribution < 1.29 is 14.4 Å². The lowest BCUT2D eigenvalue weighted by Gasteiger charge is -2.25. The van der Waals surface area contributed by atoms with E-state index in [1.54, 1.807) is 0 Å². The zero-order valence-electron chi connectivity index (χ0n) is 12.0. The molecule has 3 rings (SSSR count). The predicted molar refractivity (Wildman–Crippen MR) is 79.5 cm³/mol. The summed E-state index contributed by atoms with van der Waals surface area (Å²) in [5.74, 6) is -1.23. The van der Waals surface area contributed by atoms with Crippen molar-refractivity contribution in [3.8, 4) is 0 Å². The Hall–Kier alpha value is -2.18. The molecular formula is C16H18FN3O2. The maximum absolute atomic E-state index is 14.0. The molecule has 22 heavy (non-hydrogen) atoms. The maximum Gasteiger partial charge on any atom is 0.276 e. The van der Waals surface area contributed by atoms with Crippen LogP contribution in [0.4, 0.5) is 4.39 Å². The third-order valence-corrected chi connectivity index (χ3v) is 4.22. The average molecular weight is 303 g/mol. The van der Waals surface area contributed by atoms with Crippen molar-refractivity contribution >= 4 is 5.91 Å². The quantitative estimate of drug-likeness (QED) is 0.491. The van der Waals surface area contributed by atoms with E-state index >= 15 is 0 Å². The van der Waals surface area contributed by atoms with Gasteiger partial charge in [-0.05, 0) is 24.5 Å². The van der Waals surface area contributed by atoms with Crippen LogP contribution in [0.3, 0.4) is 0 Å². The molecule has 0 radical (unpaired) electrons. The van der Waals surface area contributed by atoms with Gasteiger partial charge in [-0.3, -0.25) is 15.3 Å². The smallest absolute Gasteiger partial charge is 0.276 e. The number of amides is 1. The molecule has 1 amide bonds. The number of dihydropyridines is 1. The minimum Gasteiger partial charge on any atom is -0.369 e. The zero-order valence-corrected chi connectivity index (χ0v) is 12.0. The first-order valence-electron chi connectivity index (χ1n) is 7.21. The number of benzene rings is 1. The Bertz CT molecular complexity index is 624. The Balaban J connectivity index is 1.61. The van der Waals surface area contributed by atoms with E-state index in [0.29, 0.717) is 6.54 Å². The fourth-order valence-corrected chi connectivity index (χ4v) is 2.69. The molecule has 1 fully saturated rings. The Morgan fingerprint density at radius 3 is 2.68 bits per heavy atom. The summed E-state index contributed by atoms with van der Waals surface area (Å²) < 4.78 is 14.0. The molecule has 1 aliphatic carbocycles. The van der Waals surface area contributed by atoms with Gasteiger partial charge >= 0.3 is 0 Å². The lowest BCUT2D eigenvalue weighted by Crippen LogP contribution is -2.45. The zero-order chi connectivity index (χ0) is 15.6. The molecule has 1 heterocycles. The van der Waals surface area contributed by atoms with Crippen LogP contribution in [0.25, 0.3) is 0 Å². The molecule has 1 aromatic carbocycles. The molecule has 1 aromatic rings. The van der Waals surface area contributed by atoms with Crippen LogP contribution in [0.1, 0.15) is 18.4 Å². The number of halogens is 1. The summed E-state index contributed by atoms with van der Waals surface area (Å²) in [5, 5.41) is 14.5. The van der Waals surface area contributed by atoms with Crippen LogP contribution in [-0.4, -0.2) is 23.8 Å². The number of hydroxylamine groups is 1. The topological polar surface area (TPSA) is 73.4 Å². The summed E-state index contributed by atoms with van der Waals surface area (Å²) in [6, 6.07) is 10.2. The van der Waals surface area contributed by atoms with Crippen LogP contribution in [0.15, 0.2) is 54.0 Å². The fraction of sp³-hybridized carbons (Fsp3) is 0.312. The Morgan fingerprint density at radius 2 is 2.09 bits per heavy atom. The number of carbonyl (C=O) groups is 1. The van der Waals surface area contributed by atoms with E-state index in [1.807, 2.05) is 18.2 Å². The van der Waals surface area contributed by atoms with E-state index in [-0.39, 0.29) is 11.0 Å². The van der Waals surface area contributed by atoms with E-state index in [1.165, 1.54) is 17.2 Å². The van der Waals surface area contributed by atoms with E-state index in [4.69, 9.17) is 5.21 Å². The largest absolute Gasteiger partial charge is 0.369 e. The van der Waals surface area contributed by atoms with Crippen molar-refractivity contribution in [1.82, 2.24) is 16.1 Å².